The van der Waals surface area contributed by atoms with Gasteiger partial charge in [-0.15, -0.1) is 0 Å². The van der Waals surface area contributed by atoms with Crippen molar-refractivity contribution >= 4 is 11.9 Å². The molecule has 0 heterocycles. The maximum absolute atomic E-state index is 11.3. The Morgan fingerprint density at radius 1 is 1.21 bits per heavy atom. The molecule has 19 heavy (non-hydrogen) atoms. The van der Waals surface area contributed by atoms with Gasteiger partial charge in [0.1, 0.15) is 0 Å². The van der Waals surface area contributed by atoms with Crippen molar-refractivity contribution in [3.05, 3.63) is 48.2 Å². The number of carboxylic acid groups (broad SMARTS) is 1. The van der Waals surface area contributed by atoms with Gasteiger partial charge in [0, 0.05) is 6.92 Å². The van der Waals surface area contributed by atoms with Gasteiger partial charge in [0.2, 0.25) is 0 Å². The van der Waals surface area contributed by atoms with Crippen LogP contribution < -0.4 is 0 Å². The normalized spacial score (nSPS) is 9.89. The Morgan fingerprint density at radius 2 is 1.63 bits per heavy atom. The van der Waals surface area contributed by atoms with Crippen molar-refractivity contribution < 1.29 is 19.4 Å². The maximum Gasteiger partial charge on any atom is 0.342 e. The zero-order chi connectivity index (χ0) is 15.1. The van der Waals surface area contributed by atoms with E-state index in [1.807, 2.05) is 12.1 Å². The predicted octanol–water partition coefficient (Wildman–Crippen LogP) is 3.38. The Bertz CT molecular complexity index is 434. The average Bonchev–Trinajstić information content (AvgIpc) is 2.27. The number of hydrogen-bond donors (Lipinski definition) is 1. The van der Waals surface area contributed by atoms with Gasteiger partial charge in [-0.05, 0) is 23.1 Å². The van der Waals surface area contributed by atoms with Gasteiger partial charge in [-0.2, -0.15) is 0 Å². The van der Waals surface area contributed by atoms with Crippen molar-refractivity contribution in [2.45, 2.75) is 33.1 Å². The molecule has 0 aliphatic carbocycles. The van der Waals surface area contributed by atoms with E-state index in [4.69, 9.17) is 9.90 Å². The summed E-state index contributed by atoms with van der Waals surface area (Å²) in [5, 5.41) is 7.42. The van der Waals surface area contributed by atoms with Crippen LogP contribution in [0.4, 0.5) is 0 Å². The molecule has 4 nitrogen and oxygen atoms in total. The molecule has 1 N–H and O–H groups in total. The van der Waals surface area contributed by atoms with Crippen molar-refractivity contribution in [1.29, 1.82) is 0 Å². The molecule has 0 spiro atoms. The Kier molecular flexibility index (Phi) is 6.55. The summed E-state index contributed by atoms with van der Waals surface area (Å²) in [6.45, 7) is 10.8. The van der Waals surface area contributed by atoms with Gasteiger partial charge in [0.05, 0.1) is 11.8 Å². The molecule has 4 heteroatoms. The standard InChI is InChI=1S/C13H16O2.C2H4O2/c1-5-15-12(14)10-6-8-11(9-7-10)13(2,3)4;1-2(3)4/h5-9H,1H2,2-4H3;1H3,(H,3,4). The second-order valence-electron chi connectivity index (χ2n) is 4.92. The summed E-state index contributed by atoms with van der Waals surface area (Å²) in [4.78, 5) is 20.3. The van der Waals surface area contributed by atoms with Gasteiger partial charge in [-0.25, -0.2) is 4.79 Å². The topological polar surface area (TPSA) is 63.6 Å². The van der Waals surface area contributed by atoms with Crippen LogP contribution in [0.25, 0.3) is 0 Å². The van der Waals surface area contributed by atoms with E-state index < -0.39 is 5.97 Å². The second kappa shape index (κ2) is 7.36. The smallest absolute Gasteiger partial charge is 0.342 e. The number of carbonyl (C=O) groups excluding carboxylic acids is 1. The molecular weight excluding hydrogens is 244 g/mol. The summed E-state index contributed by atoms with van der Waals surface area (Å²) in [5.74, 6) is -1.20. The number of aliphatic carboxylic acids is 1. The lowest BCUT2D eigenvalue weighted by Crippen LogP contribution is -2.11. The molecular formula is C15H20O4. The van der Waals surface area contributed by atoms with E-state index in [2.05, 4.69) is 32.1 Å². The SMILES string of the molecule is C=COC(=O)c1ccc(C(C)(C)C)cc1.CC(=O)O. The van der Waals surface area contributed by atoms with Crippen molar-refractivity contribution in [2.75, 3.05) is 0 Å². The first-order valence-electron chi connectivity index (χ1n) is 5.80. The van der Waals surface area contributed by atoms with Crippen LogP contribution in [0.1, 0.15) is 43.6 Å². The van der Waals surface area contributed by atoms with Crippen molar-refractivity contribution in [2.24, 2.45) is 0 Å². The largest absolute Gasteiger partial charge is 0.481 e. The minimum absolute atomic E-state index is 0.0981. The number of hydrogen-bond acceptors (Lipinski definition) is 3. The number of ether oxygens (including phenoxy) is 1. The average molecular weight is 264 g/mol. The zero-order valence-electron chi connectivity index (χ0n) is 11.8. The number of carbonyl (C=O) groups is 2. The summed E-state index contributed by atoms with van der Waals surface area (Å²) in [6, 6.07) is 7.43. The first kappa shape index (κ1) is 16.9. The van der Waals surface area contributed by atoms with Gasteiger partial charge < -0.3 is 9.84 Å². The minimum Gasteiger partial charge on any atom is -0.481 e. The molecule has 0 amide bonds. The predicted molar refractivity (Wildman–Crippen MR) is 74.1 cm³/mol. The Balaban J connectivity index is 0.000000711. The number of benzene rings is 1. The third kappa shape index (κ3) is 7.03. The fourth-order valence-corrected chi connectivity index (χ4v) is 1.25. The van der Waals surface area contributed by atoms with Crippen LogP contribution in [-0.2, 0) is 14.9 Å². The molecule has 0 aliphatic rings. The van der Waals surface area contributed by atoms with Gasteiger partial charge in [-0.3, -0.25) is 4.79 Å². The van der Waals surface area contributed by atoms with Crippen LogP contribution in [-0.4, -0.2) is 17.0 Å². The van der Waals surface area contributed by atoms with E-state index in [1.165, 1.54) is 5.56 Å². The van der Waals surface area contributed by atoms with Gasteiger partial charge in [-0.1, -0.05) is 39.5 Å². The Labute approximate surface area is 113 Å². The van der Waals surface area contributed by atoms with Crippen molar-refractivity contribution in [3.8, 4) is 0 Å². The molecule has 0 aromatic heterocycles. The van der Waals surface area contributed by atoms with Crippen LogP contribution in [0.2, 0.25) is 0 Å². The maximum atomic E-state index is 11.3. The second-order valence-corrected chi connectivity index (χ2v) is 4.92. The number of esters is 1. The molecule has 0 aliphatic heterocycles. The molecule has 1 aromatic rings. The summed E-state index contributed by atoms with van der Waals surface area (Å²) in [7, 11) is 0. The molecule has 0 unspecified atom stereocenters. The molecule has 0 fully saturated rings. The van der Waals surface area contributed by atoms with E-state index in [-0.39, 0.29) is 11.4 Å². The lowest BCUT2D eigenvalue weighted by atomic mass is 9.87. The minimum atomic E-state index is -0.833. The first-order chi connectivity index (χ1) is 8.68. The number of rotatable bonds is 2. The van der Waals surface area contributed by atoms with E-state index in [0.717, 1.165) is 13.2 Å². The van der Waals surface area contributed by atoms with Gasteiger partial charge >= 0.3 is 5.97 Å². The lowest BCUT2D eigenvalue weighted by molar-refractivity contribution is -0.134. The third-order valence-corrected chi connectivity index (χ3v) is 2.18. The fraction of sp³-hybridized carbons (Fsp3) is 0.333. The third-order valence-electron chi connectivity index (χ3n) is 2.18. The molecule has 1 rings (SSSR count). The van der Waals surface area contributed by atoms with Crippen molar-refractivity contribution in [3.63, 3.8) is 0 Å². The Morgan fingerprint density at radius 3 is 1.95 bits per heavy atom. The Hall–Kier alpha value is -2.10. The van der Waals surface area contributed by atoms with Crippen LogP contribution in [0, 0.1) is 0 Å². The lowest BCUT2D eigenvalue weighted by Gasteiger charge is -2.18. The van der Waals surface area contributed by atoms with Crippen molar-refractivity contribution in [1.82, 2.24) is 0 Å². The van der Waals surface area contributed by atoms with Crippen LogP contribution in [0.5, 0.6) is 0 Å². The molecule has 0 saturated carbocycles. The van der Waals surface area contributed by atoms with E-state index in [0.29, 0.717) is 5.56 Å². The zero-order valence-corrected chi connectivity index (χ0v) is 11.8. The summed E-state index contributed by atoms with van der Waals surface area (Å²) >= 11 is 0. The van der Waals surface area contributed by atoms with Crippen LogP contribution >= 0.6 is 0 Å². The highest BCUT2D eigenvalue weighted by atomic mass is 16.5. The van der Waals surface area contributed by atoms with Crippen LogP contribution in [0.15, 0.2) is 37.1 Å². The van der Waals surface area contributed by atoms with E-state index in [9.17, 15) is 4.79 Å². The molecule has 0 radical (unpaired) electrons. The fourth-order valence-electron chi connectivity index (χ4n) is 1.25. The highest BCUT2D eigenvalue weighted by molar-refractivity contribution is 5.89. The monoisotopic (exact) mass is 264 g/mol. The van der Waals surface area contributed by atoms with E-state index in [1.54, 1.807) is 12.1 Å². The first-order valence-corrected chi connectivity index (χ1v) is 5.80. The highest BCUT2D eigenvalue weighted by Gasteiger charge is 2.14. The van der Waals surface area contributed by atoms with Crippen LogP contribution in [0.3, 0.4) is 0 Å². The number of carboxylic acids is 1. The summed E-state index contributed by atoms with van der Waals surface area (Å²) in [5.41, 5.74) is 1.83. The summed E-state index contributed by atoms with van der Waals surface area (Å²) in [6.07, 6.45) is 1.14. The molecule has 0 saturated heterocycles. The molecule has 0 bridgehead atoms. The molecule has 1 aromatic carbocycles. The quantitative estimate of drug-likeness (QED) is 0.657. The van der Waals surface area contributed by atoms with Gasteiger partial charge in [0.25, 0.3) is 5.97 Å². The summed E-state index contributed by atoms with van der Waals surface area (Å²) < 4.78 is 4.68. The molecule has 0 atom stereocenters. The van der Waals surface area contributed by atoms with E-state index >= 15 is 0 Å². The van der Waals surface area contributed by atoms with Gasteiger partial charge in [0.15, 0.2) is 0 Å². The molecule has 104 valence electrons. The highest BCUT2D eigenvalue weighted by Crippen LogP contribution is 2.22.